The first kappa shape index (κ1) is 14.9. The summed E-state index contributed by atoms with van der Waals surface area (Å²) < 4.78 is 6.88. The molecule has 2 aromatic carbocycles. The van der Waals surface area contributed by atoms with Crippen LogP contribution in [0.4, 0.5) is 0 Å². The summed E-state index contributed by atoms with van der Waals surface area (Å²) in [5.74, 6) is 1.02. The molecule has 0 radical (unpaired) electrons. The zero-order valence-corrected chi connectivity index (χ0v) is 14.2. The summed E-state index contributed by atoms with van der Waals surface area (Å²) in [6.45, 7) is 0.755. The molecule has 2 nitrogen and oxygen atoms in total. The Labute approximate surface area is 138 Å². The Bertz CT molecular complexity index is 642. The van der Waals surface area contributed by atoms with E-state index in [2.05, 4.69) is 45.5 Å². The van der Waals surface area contributed by atoms with Crippen LogP contribution in [-0.4, -0.2) is 13.7 Å². The van der Waals surface area contributed by atoms with Gasteiger partial charge in [-0.25, -0.2) is 0 Å². The number of likely N-dealkylation sites (N-methyl/N-ethyl adjacent to an activating group) is 1. The molecule has 1 atom stereocenters. The number of benzene rings is 2. The maximum Gasteiger partial charge on any atom is 0.125 e. The van der Waals surface area contributed by atoms with Crippen molar-refractivity contribution in [3.63, 3.8) is 0 Å². The van der Waals surface area contributed by atoms with Gasteiger partial charge in [0.05, 0.1) is 6.61 Å². The molecule has 2 aromatic rings. The third-order valence-electron chi connectivity index (χ3n) is 3.87. The van der Waals surface area contributed by atoms with Crippen LogP contribution in [0.3, 0.4) is 0 Å². The molecule has 0 aliphatic carbocycles. The second kappa shape index (κ2) is 6.39. The molecule has 0 spiro atoms. The van der Waals surface area contributed by atoms with Crippen molar-refractivity contribution >= 4 is 27.5 Å². The van der Waals surface area contributed by atoms with Crippen LogP contribution in [0.5, 0.6) is 5.75 Å². The number of halogens is 2. The second-order valence-electron chi connectivity index (χ2n) is 5.25. The summed E-state index contributed by atoms with van der Waals surface area (Å²) in [5.41, 5.74) is 3.66. The number of hydrogen-bond donors (Lipinski definition) is 1. The van der Waals surface area contributed by atoms with Gasteiger partial charge in [-0.05, 0) is 54.4 Å². The standard InChI is InChI=1S/C17H17BrClNO/c1-20-16(11-2-4-14(18)5-3-11)10-13-9-15(19)8-12-6-7-21-17(12)13/h2-5,8-9,16,20H,6-7,10H2,1H3. The number of rotatable bonds is 4. The molecule has 4 heteroatoms. The molecule has 1 N–H and O–H groups in total. The highest BCUT2D eigenvalue weighted by Crippen LogP contribution is 2.35. The SMILES string of the molecule is CNC(Cc1cc(Cl)cc2c1OCC2)c1ccc(Br)cc1. The van der Waals surface area contributed by atoms with Gasteiger partial charge in [0.25, 0.3) is 0 Å². The van der Waals surface area contributed by atoms with Crippen LogP contribution < -0.4 is 10.1 Å². The van der Waals surface area contributed by atoms with E-state index in [1.807, 2.05) is 19.2 Å². The Morgan fingerprint density at radius 2 is 2.05 bits per heavy atom. The summed E-state index contributed by atoms with van der Waals surface area (Å²) in [5, 5.41) is 4.17. The molecule has 0 aromatic heterocycles. The Morgan fingerprint density at radius 3 is 2.76 bits per heavy atom. The zero-order chi connectivity index (χ0) is 14.8. The summed E-state index contributed by atoms with van der Waals surface area (Å²) in [6.07, 6.45) is 1.81. The summed E-state index contributed by atoms with van der Waals surface area (Å²) in [7, 11) is 1.98. The monoisotopic (exact) mass is 365 g/mol. The number of fused-ring (bicyclic) bond motifs is 1. The van der Waals surface area contributed by atoms with Crippen LogP contribution >= 0.6 is 27.5 Å². The molecule has 0 saturated carbocycles. The highest BCUT2D eigenvalue weighted by atomic mass is 79.9. The Hall–Kier alpha value is -1.03. The van der Waals surface area contributed by atoms with Gasteiger partial charge >= 0.3 is 0 Å². The molecule has 110 valence electrons. The van der Waals surface area contributed by atoms with E-state index in [1.54, 1.807) is 0 Å². The fraction of sp³-hybridized carbons (Fsp3) is 0.294. The lowest BCUT2D eigenvalue weighted by atomic mass is 9.97. The molecule has 0 saturated heterocycles. The topological polar surface area (TPSA) is 21.3 Å². The van der Waals surface area contributed by atoms with Crippen molar-refractivity contribution in [2.75, 3.05) is 13.7 Å². The van der Waals surface area contributed by atoms with E-state index in [0.29, 0.717) is 0 Å². The van der Waals surface area contributed by atoms with Crippen LogP contribution in [0.25, 0.3) is 0 Å². The molecule has 3 rings (SSSR count). The van der Waals surface area contributed by atoms with Gasteiger partial charge in [-0.3, -0.25) is 0 Å². The fourth-order valence-corrected chi connectivity index (χ4v) is 3.33. The summed E-state index contributed by atoms with van der Waals surface area (Å²) in [4.78, 5) is 0. The van der Waals surface area contributed by atoms with E-state index in [0.717, 1.165) is 34.7 Å². The smallest absolute Gasteiger partial charge is 0.125 e. The molecular formula is C17H17BrClNO. The normalized spacial score (nSPS) is 14.6. The molecule has 1 unspecified atom stereocenters. The van der Waals surface area contributed by atoms with E-state index in [9.17, 15) is 0 Å². The molecule has 1 heterocycles. The van der Waals surface area contributed by atoms with E-state index in [-0.39, 0.29) is 6.04 Å². The minimum absolute atomic E-state index is 0.241. The molecule has 21 heavy (non-hydrogen) atoms. The fourth-order valence-electron chi connectivity index (χ4n) is 2.80. The quantitative estimate of drug-likeness (QED) is 0.857. The number of hydrogen-bond acceptors (Lipinski definition) is 2. The largest absolute Gasteiger partial charge is 0.493 e. The van der Waals surface area contributed by atoms with Gasteiger partial charge in [0.2, 0.25) is 0 Å². The van der Waals surface area contributed by atoms with Gasteiger partial charge in [-0.15, -0.1) is 0 Å². The third kappa shape index (κ3) is 3.25. The lowest BCUT2D eigenvalue weighted by molar-refractivity contribution is 0.352. The predicted molar refractivity (Wildman–Crippen MR) is 90.3 cm³/mol. The van der Waals surface area contributed by atoms with Crippen molar-refractivity contribution in [1.82, 2.24) is 5.32 Å². The van der Waals surface area contributed by atoms with Crippen molar-refractivity contribution in [2.45, 2.75) is 18.9 Å². The highest BCUT2D eigenvalue weighted by Gasteiger charge is 2.20. The molecule has 0 amide bonds. The molecule has 0 bridgehead atoms. The van der Waals surface area contributed by atoms with Crippen LogP contribution in [0.15, 0.2) is 40.9 Å². The first-order valence-corrected chi connectivity index (χ1v) is 8.21. The first-order valence-electron chi connectivity index (χ1n) is 7.04. The summed E-state index contributed by atoms with van der Waals surface area (Å²) in [6, 6.07) is 12.7. The minimum atomic E-state index is 0.241. The predicted octanol–water partition coefficient (Wildman–Crippen LogP) is 4.54. The summed E-state index contributed by atoms with van der Waals surface area (Å²) >= 11 is 9.72. The zero-order valence-electron chi connectivity index (χ0n) is 11.8. The second-order valence-corrected chi connectivity index (χ2v) is 6.60. The average Bonchev–Trinajstić information content (AvgIpc) is 2.94. The molecule has 0 fully saturated rings. The average molecular weight is 367 g/mol. The maximum absolute atomic E-state index is 6.24. The van der Waals surface area contributed by atoms with Gasteiger partial charge in [0.1, 0.15) is 5.75 Å². The van der Waals surface area contributed by atoms with Gasteiger partial charge in [-0.2, -0.15) is 0 Å². The lowest BCUT2D eigenvalue weighted by Crippen LogP contribution is -2.19. The van der Waals surface area contributed by atoms with E-state index >= 15 is 0 Å². The van der Waals surface area contributed by atoms with Crippen molar-refractivity contribution in [3.05, 3.63) is 62.6 Å². The minimum Gasteiger partial charge on any atom is -0.493 e. The molecule has 1 aliphatic heterocycles. The van der Waals surface area contributed by atoms with Gasteiger partial charge in [0.15, 0.2) is 0 Å². The molecular weight excluding hydrogens is 350 g/mol. The van der Waals surface area contributed by atoms with Crippen molar-refractivity contribution in [1.29, 1.82) is 0 Å². The van der Waals surface area contributed by atoms with E-state index in [1.165, 1.54) is 16.7 Å². The van der Waals surface area contributed by atoms with Crippen LogP contribution in [0.1, 0.15) is 22.7 Å². The van der Waals surface area contributed by atoms with Crippen molar-refractivity contribution in [2.24, 2.45) is 0 Å². The maximum atomic E-state index is 6.24. The van der Waals surface area contributed by atoms with Crippen molar-refractivity contribution in [3.8, 4) is 5.75 Å². The van der Waals surface area contributed by atoms with E-state index < -0.39 is 0 Å². The number of nitrogens with one attached hydrogen (secondary N) is 1. The Morgan fingerprint density at radius 1 is 1.29 bits per heavy atom. The van der Waals surface area contributed by atoms with Crippen LogP contribution in [0.2, 0.25) is 5.02 Å². The van der Waals surface area contributed by atoms with Gasteiger partial charge in [0, 0.05) is 22.0 Å². The van der Waals surface area contributed by atoms with Gasteiger partial charge in [-0.1, -0.05) is 39.7 Å². The third-order valence-corrected chi connectivity index (χ3v) is 4.62. The van der Waals surface area contributed by atoms with Crippen LogP contribution in [0, 0.1) is 0 Å². The highest BCUT2D eigenvalue weighted by molar-refractivity contribution is 9.10. The Kier molecular flexibility index (Phi) is 4.53. The van der Waals surface area contributed by atoms with E-state index in [4.69, 9.17) is 16.3 Å². The van der Waals surface area contributed by atoms with Crippen molar-refractivity contribution < 1.29 is 4.74 Å². The van der Waals surface area contributed by atoms with Gasteiger partial charge < -0.3 is 10.1 Å². The Balaban J connectivity index is 1.89. The first-order chi connectivity index (χ1) is 10.2. The number of ether oxygens (including phenoxy) is 1. The molecule has 1 aliphatic rings. The lowest BCUT2D eigenvalue weighted by Gasteiger charge is -2.19. The van der Waals surface area contributed by atoms with Crippen LogP contribution in [-0.2, 0) is 12.8 Å².